The first-order valence-corrected chi connectivity index (χ1v) is 17.3. The molecule has 0 aliphatic heterocycles. The standard InChI is InChI=1S/C38H48N2O3S/c1-27(2)36-24-31(23-34-14-10-11-15-35(34)36)13-9-7-8-12-22-44(6)26-32-18-19-33(37(25-32)30(5)42)20-21-38(43)40-39-28(3)16-17-29(4)41/h10-11,14-19,23-25,27,39H,3,6-9,12-13,20-22,26H2,1-2,4-5H3,(H,40,43)/b17-16+. The van der Waals surface area contributed by atoms with Crippen LogP contribution >= 0.6 is 10.5 Å². The highest BCUT2D eigenvalue weighted by molar-refractivity contribution is 8.13. The lowest BCUT2D eigenvalue weighted by Gasteiger charge is -2.13. The van der Waals surface area contributed by atoms with Crippen molar-refractivity contribution in [3.63, 3.8) is 0 Å². The third-order valence-electron chi connectivity index (χ3n) is 7.65. The Morgan fingerprint density at radius 3 is 2.34 bits per heavy atom. The van der Waals surface area contributed by atoms with Crippen LogP contribution in [0.5, 0.6) is 0 Å². The van der Waals surface area contributed by atoms with Crippen molar-refractivity contribution in [1.29, 1.82) is 0 Å². The second kappa shape index (κ2) is 17.5. The molecule has 44 heavy (non-hydrogen) atoms. The molecule has 5 nitrogen and oxygen atoms in total. The monoisotopic (exact) mass is 612 g/mol. The van der Waals surface area contributed by atoms with E-state index in [1.165, 1.54) is 66.7 Å². The van der Waals surface area contributed by atoms with Gasteiger partial charge >= 0.3 is 0 Å². The second-order valence-corrected chi connectivity index (χ2v) is 13.8. The zero-order valence-corrected chi connectivity index (χ0v) is 27.7. The molecule has 0 bridgehead atoms. The van der Waals surface area contributed by atoms with Crippen LogP contribution in [0.1, 0.15) is 98.3 Å². The molecule has 0 aliphatic rings. The number of benzene rings is 3. The molecule has 234 valence electrons. The molecule has 1 atom stereocenters. The lowest BCUT2D eigenvalue weighted by atomic mass is 9.92. The van der Waals surface area contributed by atoms with E-state index in [2.05, 4.69) is 79.6 Å². The van der Waals surface area contributed by atoms with Crippen LogP contribution < -0.4 is 10.9 Å². The van der Waals surface area contributed by atoms with Gasteiger partial charge in [0.1, 0.15) is 0 Å². The average molecular weight is 613 g/mol. The van der Waals surface area contributed by atoms with E-state index < -0.39 is 0 Å². The van der Waals surface area contributed by atoms with Crippen LogP contribution in [0.2, 0.25) is 0 Å². The largest absolute Gasteiger partial charge is 0.299 e. The number of hydrogen-bond acceptors (Lipinski definition) is 4. The Hall–Kier alpha value is -3.77. The zero-order valence-electron chi connectivity index (χ0n) is 26.8. The van der Waals surface area contributed by atoms with Crippen LogP contribution in [0.4, 0.5) is 0 Å². The minimum atomic E-state index is -0.224. The highest BCUT2D eigenvalue weighted by Crippen LogP contribution is 2.28. The summed E-state index contributed by atoms with van der Waals surface area (Å²) in [5, 5.41) is 2.72. The Kier molecular flexibility index (Phi) is 13.8. The highest BCUT2D eigenvalue weighted by Gasteiger charge is 2.12. The second-order valence-electron chi connectivity index (χ2n) is 11.9. The number of amides is 1. The van der Waals surface area contributed by atoms with Gasteiger partial charge in [0.2, 0.25) is 5.91 Å². The van der Waals surface area contributed by atoms with Crippen molar-refractivity contribution in [2.45, 2.75) is 84.3 Å². The van der Waals surface area contributed by atoms with Crippen LogP contribution in [0.25, 0.3) is 10.8 Å². The molecule has 1 unspecified atom stereocenters. The van der Waals surface area contributed by atoms with Gasteiger partial charge in [0.25, 0.3) is 0 Å². The molecule has 6 heteroatoms. The van der Waals surface area contributed by atoms with E-state index in [1.807, 2.05) is 12.1 Å². The number of ketones is 2. The molecular weight excluding hydrogens is 564 g/mol. The number of unbranched alkanes of at least 4 members (excludes halogenated alkanes) is 3. The normalized spacial score (nSPS) is 12.0. The summed E-state index contributed by atoms with van der Waals surface area (Å²) in [7, 11) is -0.00644. The number of allylic oxidation sites excluding steroid dienone is 2. The number of carbonyl (C=O) groups is 3. The predicted molar refractivity (Wildman–Crippen MR) is 188 cm³/mol. The van der Waals surface area contributed by atoms with Crippen LogP contribution in [0.3, 0.4) is 0 Å². The van der Waals surface area contributed by atoms with E-state index in [0.29, 0.717) is 23.6 Å². The van der Waals surface area contributed by atoms with E-state index in [4.69, 9.17) is 0 Å². The maximum atomic E-state index is 12.4. The lowest BCUT2D eigenvalue weighted by Crippen LogP contribution is -2.36. The SMILES string of the molecule is C=C(/C=C/C(C)=O)NNC(=O)CCc1ccc(CS(=C)CCCCCCc2cc(C(C)C)c3ccccc3c2)cc1C(C)=O. The number of hydrazine groups is 1. The smallest absolute Gasteiger partial charge is 0.238 e. The number of fused-ring (bicyclic) bond motifs is 1. The number of carbonyl (C=O) groups excluding carboxylic acids is 3. The van der Waals surface area contributed by atoms with Gasteiger partial charge in [-0.2, -0.15) is 10.5 Å². The Bertz CT molecular complexity index is 1540. The molecule has 3 aromatic carbocycles. The summed E-state index contributed by atoms with van der Waals surface area (Å²) in [4.78, 5) is 35.7. The molecule has 0 spiro atoms. The fraction of sp³-hybridized carbons (Fsp3) is 0.368. The molecule has 2 N–H and O–H groups in total. The quantitative estimate of drug-likeness (QED) is 0.0378. The topological polar surface area (TPSA) is 75.3 Å². The fourth-order valence-electron chi connectivity index (χ4n) is 5.30. The Morgan fingerprint density at radius 1 is 0.864 bits per heavy atom. The minimum absolute atomic E-state index is 0.000921. The molecule has 3 rings (SSSR count). The highest BCUT2D eigenvalue weighted by atomic mass is 32.2. The zero-order chi connectivity index (χ0) is 32.1. The van der Waals surface area contributed by atoms with Crippen molar-refractivity contribution in [2.24, 2.45) is 0 Å². The first kappa shape index (κ1) is 34.7. The first-order chi connectivity index (χ1) is 21.0. The predicted octanol–water partition coefficient (Wildman–Crippen LogP) is 8.38. The number of Topliss-reactive ketones (excluding diaryl/α,β-unsaturated/α-hetero) is 1. The van der Waals surface area contributed by atoms with Gasteiger partial charge in [0.05, 0.1) is 0 Å². The number of nitrogens with one attached hydrogen (secondary N) is 2. The van der Waals surface area contributed by atoms with Crippen LogP contribution in [-0.4, -0.2) is 29.1 Å². The fourth-order valence-corrected chi connectivity index (χ4v) is 6.71. The Morgan fingerprint density at radius 2 is 1.61 bits per heavy atom. The van der Waals surface area contributed by atoms with Gasteiger partial charge in [0, 0.05) is 23.4 Å². The molecule has 0 saturated carbocycles. The lowest BCUT2D eigenvalue weighted by molar-refractivity contribution is -0.121. The van der Waals surface area contributed by atoms with Gasteiger partial charge in [-0.1, -0.05) is 87.7 Å². The van der Waals surface area contributed by atoms with Gasteiger partial charge in [-0.3, -0.25) is 25.2 Å². The van der Waals surface area contributed by atoms with Gasteiger partial charge < -0.3 is 0 Å². The summed E-state index contributed by atoms with van der Waals surface area (Å²) in [5.74, 6) is 6.55. The Labute approximate surface area is 266 Å². The summed E-state index contributed by atoms with van der Waals surface area (Å²) in [5.41, 5.74) is 11.2. The molecule has 3 aromatic rings. The third kappa shape index (κ3) is 11.4. The van der Waals surface area contributed by atoms with Crippen molar-refractivity contribution in [3.05, 3.63) is 107 Å². The van der Waals surface area contributed by atoms with Gasteiger partial charge in [-0.25, -0.2) is 0 Å². The maximum Gasteiger partial charge on any atom is 0.238 e. The molecule has 0 fully saturated rings. The number of rotatable bonds is 18. The van der Waals surface area contributed by atoms with E-state index >= 15 is 0 Å². The third-order valence-corrected chi connectivity index (χ3v) is 9.26. The van der Waals surface area contributed by atoms with Crippen molar-refractivity contribution >= 4 is 44.6 Å². The summed E-state index contributed by atoms with van der Waals surface area (Å²) in [6.07, 6.45) is 9.45. The number of aryl methyl sites for hydroxylation is 2. The van der Waals surface area contributed by atoms with Gasteiger partial charge in [-0.15, -0.1) is 0 Å². The summed E-state index contributed by atoms with van der Waals surface area (Å²) >= 11 is 0. The van der Waals surface area contributed by atoms with Crippen molar-refractivity contribution < 1.29 is 14.4 Å². The average Bonchev–Trinajstić information content (AvgIpc) is 2.99. The van der Waals surface area contributed by atoms with Gasteiger partial charge in [-0.05, 0) is 102 Å². The van der Waals surface area contributed by atoms with E-state index in [9.17, 15) is 14.4 Å². The molecule has 0 aromatic heterocycles. The van der Waals surface area contributed by atoms with Crippen molar-refractivity contribution in [1.82, 2.24) is 10.9 Å². The van der Waals surface area contributed by atoms with E-state index in [0.717, 1.165) is 29.1 Å². The molecular formula is C38H48N2O3S. The Balaban J connectivity index is 1.41. The maximum absolute atomic E-state index is 12.4. The van der Waals surface area contributed by atoms with Crippen LogP contribution in [0.15, 0.2) is 79.0 Å². The summed E-state index contributed by atoms with van der Waals surface area (Å²) in [6, 6.07) is 19.5. The molecule has 1 amide bonds. The van der Waals surface area contributed by atoms with Crippen molar-refractivity contribution in [3.8, 4) is 0 Å². The molecule has 0 saturated heterocycles. The van der Waals surface area contributed by atoms with Gasteiger partial charge in [0.15, 0.2) is 11.6 Å². The summed E-state index contributed by atoms with van der Waals surface area (Å²) in [6.45, 7) is 11.3. The molecule has 0 aliphatic carbocycles. The van der Waals surface area contributed by atoms with Crippen molar-refractivity contribution in [2.75, 3.05) is 5.75 Å². The summed E-state index contributed by atoms with van der Waals surface area (Å²) < 4.78 is 0. The first-order valence-electron chi connectivity index (χ1n) is 15.6. The van der Waals surface area contributed by atoms with E-state index in [-0.39, 0.29) is 34.4 Å². The molecule has 0 heterocycles. The number of hydrogen-bond donors (Lipinski definition) is 2. The van der Waals surface area contributed by atoms with E-state index in [1.54, 1.807) is 6.92 Å². The molecule has 0 radical (unpaired) electrons. The van der Waals surface area contributed by atoms with Crippen LogP contribution in [0, 0.1) is 0 Å². The van der Waals surface area contributed by atoms with Crippen LogP contribution in [-0.2, 0) is 28.2 Å². The minimum Gasteiger partial charge on any atom is -0.299 e.